The van der Waals surface area contributed by atoms with Crippen LogP contribution in [0.1, 0.15) is 34.9 Å². The molecule has 2 aromatic carbocycles. The zero-order chi connectivity index (χ0) is 18.1. The Morgan fingerprint density at radius 1 is 1.31 bits per heavy atom. The van der Waals surface area contributed by atoms with E-state index in [0.717, 1.165) is 41.1 Å². The van der Waals surface area contributed by atoms with Crippen LogP contribution in [-0.4, -0.2) is 40.1 Å². The molecular formula is C20H20ClN3OS. The topological polar surface area (TPSA) is 49.0 Å². The minimum atomic E-state index is 0.00621. The summed E-state index contributed by atoms with van der Waals surface area (Å²) in [5.41, 5.74) is 2.60. The number of amides is 1. The molecule has 134 valence electrons. The second kappa shape index (κ2) is 7.33. The molecule has 0 radical (unpaired) electrons. The summed E-state index contributed by atoms with van der Waals surface area (Å²) in [5, 5.41) is 0.513. The van der Waals surface area contributed by atoms with Gasteiger partial charge in [0, 0.05) is 23.9 Å². The summed E-state index contributed by atoms with van der Waals surface area (Å²) >= 11 is 7.91. The number of benzene rings is 2. The number of halogens is 1. The van der Waals surface area contributed by atoms with Crippen LogP contribution >= 0.6 is 23.4 Å². The van der Waals surface area contributed by atoms with E-state index < -0.39 is 0 Å². The van der Waals surface area contributed by atoms with Gasteiger partial charge in [-0.2, -0.15) is 0 Å². The van der Waals surface area contributed by atoms with Gasteiger partial charge in [0.15, 0.2) is 0 Å². The molecule has 1 aliphatic heterocycles. The van der Waals surface area contributed by atoms with E-state index in [9.17, 15) is 4.79 Å². The molecule has 1 N–H and O–H groups in total. The molecule has 3 aromatic rings. The maximum atomic E-state index is 13.0. The molecule has 0 aliphatic carbocycles. The third kappa shape index (κ3) is 3.33. The number of aromatic amines is 1. The number of carbonyl (C=O) groups excluding carboxylic acids is 1. The monoisotopic (exact) mass is 385 g/mol. The van der Waals surface area contributed by atoms with Crippen molar-refractivity contribution in [2.24, 2.45) is 0 Å². The number of hydrogen-bond donors (Lipinski definition) is 1. The molecular weight excluding hydrogens is 366 g/mol. The number of nitrogens with zero attached hydrogens (tertiary/aromatic N) is 2. The lowest BCUT2D eigenvalue weighted by atomic mass is 9.96. The first-order valence-electron chi connectivity index (χ1n) is 8.73. The fourth-order valence-electron chi connectivity index (χ4n) is 3.52. The fourth-order valence-corrected chi connectivity index (χ4v) is 4.15. The Bertz CT molecular complexity index is 922. The summed E-state index contributed by atoms with van der Waals surface area (Å²) in [6, 6.07) is 13.7. The molecule has 0 spiro atoms. The molecule has 0 unspecified atom stereocenters. The van der Waals surface area contributed by atoms with Gasteiger partial charge in [-0.25, -0.2) is 4.98 Å². The van der Waals surface area contributed by atoms with Gasteiger partial charge in [-0.1, -0.05) is 23.7 Å². The number of nitrogens with one attached hydrogen (secondary N) is 1. The molecule has 0 bridgehead atoms. The van der Waals surface area contributed by atoms with Gasteiger partial charge in [-0.05, 0) is 49.4 Å². The van der Waals surface area contributed by atoms with Crippen molar-refractivity contribution in [3.63, 3.8) is 0 Å². The van der Waals surface area contributed by atoms with Gasteiger partial charge in [0.2, 0.25) is 0 Å². The fraction of sp³-hybridized carbons (Fsp3) is 0.300. The van der Waals surface area contributed by atoms with Crippen LogP contribution in [0, 0.1) is 0 Å². The number of para-hydroxylation sites is 2. The molecule has 1 fully saturated rings. The van der Waals surface area contributed by atoms with E-state index in [1.165, 1.54) is 0 Å². The maximum absolute atomic E-state index is 13.0. The van der Waals surface area contributed by atoms with Gasteiger partial charge in [0.05, 0.1) is 21.6 Å². The predicted octanol–water partition coefficient (Wildman–Crippen LogP) is 4.96. The SMILES string of the molecule is CSc1ccc(Cl)c(C(=O)N2CCC[C@H](c3nc4ccccc4[nH]3)C2)c1. The minimum Gasteiger partial charge on any atom is -0.342 e. The molecule has 0 saturated carbocycles. The first-order chi connectivity index (χ1) is 12.7. The van der Waals surface area contributed by atoms with Crippen LogP contribution < -0.4 is 0 Å². The van der Waals surface area contributed by atoms with Crippen LogP contribution in [0.15, 0.2) is 47.4 Å². The first kappa shape index (κ1) is 17.4. The summed E-state index contributed by atoms with van der Waals surface area (Å²) in [5.74, 6) is 1.20. The van der Waals surface area contributed by atoms with Crippen molar-refractivity contribution in [2.75, 3.05) is 19.3 Å². The van der Waals surface area contributed by atoms with Gasteiger partial charge in [0.25, 0.3) is 5.91 Å². The molecule has 1 aromatic heterocycles. The quantitative estimate of drug-likeness (QED) is 0.648. The third-order valence-electron chi connectivity index (χ3n) is 4.91. The minimum absolute atomic E-state index is 0.00621. The molecule has 6 heteroatoms. The lowest BCUT2D eigenvalue weighted by Gasteiger charge is -2.32. The number of likely N-dealkylation sites (tertiary alicyclic amines) is 1. The Kier molecular flexibility index (Phi) is 4.92. The van der Waals surface area contributed by atoms with Gasteiger partial charge in [0.1, 0.15) is 5.82 Å². The number of carbonyl (C=O) groups is 1. The smallest absolute Gasteiger partial charge is 0.255 e. The normalized spacial score (nSPS) is 17.6. The number of aromatic nitrogens is 2. The van der Waals surface area contributed by atoms with E-state index in [1.54, 1.807) is 17.8 Å². The van der Waals surface area contributed by atoms with Crippen molar-refractivity contribution >= 4 is 40.3 Å². The highest BCUT2D eigenvalue weighted by Crippen LogP contribution is 2.30. The maximum Gasteiger partial charge on any atom is 0.255 e. The second-order valence-corrected chi connectivity index (χ2v) is 7.86. The van der Waals surface area contributed by atoms with E-state index in [-0.39, 0.29) is 11.8 Å². The Morgan fingerprint density at radius 3 is 2.96 bits per heavy atom. The first-order valence-corrected chi connectivity index (χ1v) is 10.3. The lowest BCUT2D eigenvalue weighted by molar-refractivity contribution is 0.0705. The highest BCUT2D eigenvalue weighted by molar-refractivity contribution is 7.98. The average molecular weight is 386 g/mol. The Morgan fingerprint density at radius 2 is 2.15 bits per heavy atom. The summed E-state index contributed by atoms with van der Waals surface area (Å²) < 4.78 is 0. The number of thioether (sulfide) groups is 1. The van der Waals surface area contributed by atoms with E-state index in [1.807, 2.05) is 47.6 Å². The number of H-pyrrole nitrogens is 1. The van der Waals surface area contributed by atoms with Gasteiger partial charge in [-0.3, -0.25) is 4.79 Å². The predicted molar refractivity (Wildman–Crippen MR) is 107 cm³/mol. The number of hydrogen-bond acceptors (Lipinski definition) is 3. The van der Waals surface area contributed by atoms with Crippen LogP contribution in [0.4, 0.5) is 0 Å². The van der Waals surface area contributed by atoms with Crippen LogP contribution in [0.25, 0.3) is 11.0 Å². The Labute approximate surface area is 161 Å². The van der Waals surface area contributed by atoms with Crippen LogP contribution in [0.3, 0.4) is 0 Å². The zero-order valence-corrected chi connectivity index (χ0v) is 16.1. The standard InChI is InChI=1S/C20H20ClN3OS/c1-26-14-8-9-16(21)15(11-14)20(25)24-10-4-5-13(12-24)19-22-17-6-2-3-7-18(17)23-19/h2-3,6-9,11,13H,4-5,10,12H2,1H3,(H,22,23)/t13-/m0/s1. The molecule has 4 rings (SSSR count). The molecule has 26 heavy (non-hydrogen) atoms. The average Bonchev–Trinajstić information content (AvgIpc) is 3.12. The number of imidazole rings is 1. The van der Waals surface area contributed by atoms with Crippen molar-refractivity contribution < 1.29 is 4.79 Å². The molecule has 1 saturated heterocycles. The Hall–Kier alpha value is -1.98. The van der Waals surface area contributed by atoms with Crippen molar-refractivity contribution in [3.8, 4) is 0 Å². The molecule has 4 nitrogen and oxygen atoms in total. The second-order valence-electron chi connectivity index (χ2n) is 6.58. The van der Waals surface area contributed by atoms with E-state index in [0.29, 0.717) is 17.1 Å². The van der Waals surface area contributed by atoms with Gasteiger partial charge in [-0.15, -0.1) is 11.8 Å². The Balaban J connectivity index is 1.57. The van der Waals surface area contributed by atoms with Gasteiger partial charge >= 0.3 is 0 Å². The van der Waals surface area contributed by atoms with Crippen molar-refractivity contribution in [3.05, 3.63) is 58.9 Å². The highest BCUT2D eigenvalue weighted by atomic mass is 35.5. The van der Waals surface area contributed by atoms with Crippen molar-refractivity contribution in [1.29, 1.82) is 0 Å². The summed E-state index contributed by atoms with van der Waals surface area (Å²) in [7, 11) is 0. The lowest BCUT2D eigenvalue weighted by Crippen LogP contribution is -2.39. The van der Waals surface area contributed by atoms with E-state index >= 15 is 0 Å². The summed E-state index contributed by atoms with van der Waals surface area (Å²) in [6.45, 7) is 1.42. The van der Waals surface area contributed by atoms with Crippen molar-refractivity contribution in [1.82, 2.24) is 14.9 Å². The number of rotatable bonds is 3. The summed E-state index contributed by atoms with van der Waals surface area (Å²) in [6.07, 6.45) is 3.99. The van der Waals surface area contributed by atoms with Crippen LogP contribution in [0.5, 0.6) is 0 Å². The highest BCUT2D eigenvalue weighted by Gasteiger charge is 2.28. The molecule has 1 amide bonds. The zero-order valence-electron chi connectivity index (χ0n) is 14.5. The number of fused-ring (bicyclic) bond motifs is 1. The molecule has 1 atom stereocenters. The summed E-state index contributed by atoms with van der Waals surface area (Å²) in [4.78, 5) is 24.1. The molecule has 2 heterocycles. The van der Waals surface area contributed by atoms with Crippen LogP contribution in [0.2, 0.25) is 5.02 Å². The van der Waals surface area contributed by atoms with Gasteiger partial charge < -0.3 is 9.88 Å². The van der Waals surface area contributed by atoms with Crippen LogP contribution in [-0.2, 0) is 0 Å². The van der Waals surface area contributed by atoms with E-state index in [2.05, 4.69) is 4.98 Å². The van der Waals surface area contributed by atoms with Crippen molar-refractivity contribution in [2.45, 2.75) is 23.7 Å². The third-order valence-corrected chi connectivity index (χ3v) is 5.96. The van der Waals surface area contributed by atoms with E-state index in [4.69, 9.17) is 16.6 Å². The largest absolute Gasteiger partial charge is 0.342 e. The number of piperidine rings is 1. The molecule has 1 aliphatic rings.